The van der Waals surface area contributed by atoms with Gasteiger partial charge in [-0.25, -0.2) is 0 Å². The van der Waals surface area contributed by atoms with Gasteiger partial charge in [0, 0.05) is 106 Å². The van der Waals surface area contributed by atoms with E-state index < -0.39 is 223 Å². The minimum Gasteiger partial charge on any atom is -0.508 e. The third kappa shape index (κ3) is 27.9. The predicted octanol–water partition coefficient (Wildman–Crippen LogP) is -1.35. The number of aliphatic carboxylic acids is 1. The van der Waals surface area contributed by atoms with Crippen molar-refractivity contribution in [1.82, 2.24) is 81.9 Å². The summed E-state index contributed by atoms with van der Waals surface area (Å²) in [5.74, 6) is -17.4. The summed E-state index contributed by atoms with van der Waals surface area (Å²) < 4.78 is 1.45. The number of phenols is 1. The van der Waals surface area contributed by atoms with Crippen LogP contribution in [-0.2, 0) is 107 Å². The van der Waals surface area contributed by atoms with Crippen LogP contribution in [0.5, 0.6) is 5.75 Å². The number of fused-ring (bicyclic) bond motifs is 4. The highest BCUT2D eigenvalue weighted by molar-refractivity contribution is 8.00. The topological polar surface area (TPSA) is 600 Å². The van der Waals surface area contributed by atoms with Crippen LogP contribution < -0.4 is 70.8 Å². The van der Waals surface area contributed by atoms with Gasteiger partial charge >= 0.3 is 5.97 Å². The van der Waals surface area contributed by atoms with Gasteiger partial charge in [-0.2, -0.15) is 0 Å². The maximum Gasteiger partial charge on any atom is 0.323 e. The molecule has 15 atom stereocenters. The van der Waals surface area contributed by atoms with Gasteiger partial charge in [0.1, 0.15) is 96.9 Å². The first-order valence-electron chi connectivity index (χ1n) is 44.2. The lowest BCUT2D eigenvalue weighted by molar-refractivity contribution is -0.149. The van der Waals surface area contributed by atoms with E-state index in [1.165, 1.54) is 68.0 Å². The first kappa shape index (κ1) is 103. The Balaban J connectivity index is 1.19. The van der Waals surface area contributed by atoms with Crippen LogP contribution in [0.4, 0.5) is 0 Å². The number of benzene rings is 3. The number of carboxylic acid groups (broad SMARTS) is 1. The number of nitrogens with two attached hydrogens (primary N) is 4. The van der Waals surface area contributed by atoms with E-state index in [0.717, 1.165) is 31.4 Å². The van der Waals surface area contributed by atoms with Crippen LogP contribution in [-0.4, -0.2) is 299 Å². The summed E-state index contributed by atoms with van der Waals surface area (Å²) in [5, 5.41) is 57.0. The molecule has 41 heteroatoms. The Morgan fingerprint density at radius 1 is 0.538 bits per heavy atom. The number of likely N-dealkylation sites (N-methyl/N-ethyl adjacent to an activating group) is 3. The molecule has 16 amide bonds. The fourth-order valence-electron chi connectivity index (χ4n) is 16.5. The number of thioether (sulfide) groups is 1. The standard InChI is InChI=1S/C89H128N20O20S/c1-11-13-23-69-82(122)97-60(34-48(3)4)79(119)103-67(76(93)116)46-130-47-74(113)95-63(36-51-27-29-54(110)30-28-51)85(125)104(8)50(7)77(117)99-65(40-73(92)112)87(127)108-33-19-26-70(108)83(123)102-66(41-91)81(121)100-62(35-49(5)6)88(128)109-44-55(111)39-72(109)84(124)98-61(37-52-42-94-58-22-17-15-20-56(52)58)80(120)96-59(31-32-90)78(118)101-64(86(126)106(10)71(24-14-12-2)89(129)105(69)9)38-53-43-107(45-75(114)115)68-25-18-16-21-57(53)68/h15-18,20-22,25,27-30,42-43,48-50,55,59-67,69-72,94,110-111H,11-14,19,23-24,26,31-41,44-47,90-91H2,1-10H3,(H2,92,112)(H2,93,116)(H,95,113)(H,96,120)(H,97,122)(H,98,124)(H,99,117)(H,100,121)(H,101,118)(H,102,123)(H,103,119)(H,114,115)/t50-,55+,59-,60-,61-,62-,63-,64-,65-,66-,67-,69-,70-,71-,72-/m0/s1. The molecule has 0 unspecified atom stereocenters. The third-order valence-corrected chi connectivity index (χ3v) is 24.7. The van der Waals surface area contributed by atoms with Crippen LogP contribution in [0.2, 0.25) is 0 Å². The van der Waals surface area contributed by atoms with Gasteiger partial charge in [0.25, 0.3) is 0 Å². The number of carbonyl (C=O) groups is 17. The molecule has 0 bridgehead atoms. The van der Waals surface area contributed by atoms with E-state index >= 15 is 33.6 Å². The lowest BCUT2D eigenvalue weighted by Crippen LogP contribution is -2.62. The van der Waals surface area contributed by atoms with Crippen LogP contribution in [0.15, 0.2) is 85.2 Å². The van der Waals surface area contributed by atoms with Gasteiger partial charge in [-0.15, -0.1) is 11.8 Å². The number of aromatic hydroxyl groups is 1. The number of amides is 16. The van der Waals surface area contributed by atoms with Crippen molar-refractivity contribution in [2.24, 2.45) is 34.8 Å². The fourth-order valence-corrected chi connectivity index (χ4v) is 17.4. The Kier molecular flexibility index (Phi) is 38.4. The lowest BCUT2D eigenvalue weighted by Gasteiger charge is -2.36. The first-order chi connectivity index (χ1) is 61.7. The molecule has 3 aliphatic heterocycles. The summed E-state index contributed by atoms with van der Waals surface area (Å²) in [6, 6.07) is -1.61. The smallest absolute Gasteiger partial charge is 0.323 e. The molecule has 3 fully saturated rings. The number of para-hydroxylation sites is 2. The van der Waals surface area contributed by atoms with Crippen molar-refractivity contribution >= 4 is 134 Å². The van der Waals surface area contributed by atoms with Crippen molar-refractivity contribution in [1.29, 1.82) is 0 Å². The predicted molar refractivity (Wildman–Crippen MR) is 482 cm³/mol. The van der Waals surface area contributed by atoms with Gasteiger partial charge in [0.2, 0.25) is 94.5 Å². The average molecular weight is 1830 g/mol. The number of phenolic OH excluding ortho intramolecular Hbond substituents is 1. The minimum absolute atomic E-state index is 0.00309. The molecule has 2 aromatic heterocycles. The highest BCUT2D eigenvalue weighted by atomic mass is 32.2. The van der Waals surface area contributed by atoms with Crippen LogP contribution in [0.1, 0.15) is 149 Å². The molecule has 8 rings (SSSR count). The van der Waals surface area contributed by atoms with Crippen molar-refractivity contribution in [2.75, 3.05) is 58.8 Å². The molecule has 0 radical (unpaired) electrons. The van der Waals surface area contributed by atoms with Crippen molar-refractivity contribution < 1.29 is 96.8 Å². The van der Waals surface area contributed by atoms with Crippen LogP contribution in [0.25, 0.3) is 21.8 Å². The van der Waals surface area contributed by atoms with E-state index in [-0.39, 0.29) is 107 Å². The molecule has 0 saturated carbocycles. The van der Waals surface area contributed by atoms with Crippen LogP contribution in [0.3, 0.4) is 0 Å². The molecular formula is C89H128N20O20S. The van der Waals surface area contributed by atoms with Crippen molar-refractivity contribution in [2.45, 2.75) is 248 Å². The second kappa shape index (κ2) is 48.4. The quantitative estimate of drug-likeness (QED) is 0.0339. The number of unbranched alkanes of at least 4 members (excludes halogenated alkanes) is 2. The van der Waals surface area contributed by atoms with Gasteiger partial charge < -0.3 is 120 Å². The van der Waals surface area contributed by atoms with Gasteiger partial charge in [0.05, 0.1) is 18.3 Å². The number of aliphatic hydroxyl groups is 1. The minimum atomic E-state index is -1.75. The molecule has 40 nitrogen and oxygen atoms in total. The number of H-pyrrole nitrogens is 1. The molecule has 5 aromatic rings. The number of carboxylic acids is 1. The number of aliphatic hydroxyl groups excluding tert-OH is 1. The van der Waals surface area contributed by atoms with Crippen LogP contribution >= 0.6 is 11.8 Å². The number of hydrogen-bond donors (Lipinski definition) is 17. The van der Waals surface area contributed by atoms with E-state index in [2.05, 4.69) is 52.8 Å². The number of rotatable bonds is 24. The third-order valence-electron chi connectivity index (χ3n) is 23.7. The Bertz CT molecular complexity index is 4890. The molecule has 3 aromatic carbocycles. The van der Waals surface area contributed by atoms with E-state index in [9.17, 15) is 63.3 Å². The number of hydrogen-bond acceptors (Lipinski definition) is 22. The maximum atomic E-state index is 15.9. The largest absolute Gasteiger partial charge is 0.508 e. The monoisotopic (exact) mass is 1830 g/mol. The molecule has 3 saturated heterocycles. The summed E-state index contributed by atoms with van der Waals surface area (Å²) in [5.41, 5.74) is 26.4. The van der Waals surface area contributed by atoms with E-state index in [1.54, 1.807) is 82.4 Å². The Morgan fingerprint density at radius 2 is 1.08 bits per heavy atom. The number of carbonyl (C=O) groups excluding carboxylic acids is 16. The number of aromatic nitrogens is 2. The normalized spacial score (nSPS) is 25.4. The average Bonchev–Trinajstić information content (AvgIpc) is 1.40. The number of aromatic amines is 1. The van der Waals surface area contributed by atoms with Gasteiger partial charge in [-0.1, -0.05) is 116 Å². The summed E-state index contributed by atoms with van der Waals surface area (Å²) in [6.45, 7) is 10.1. The molecule has 3 aliphatic rings. The lowest BCUT2D eigenvalue weighted by atomic mass is 9.99. The van der Waals surface area contributed by atoms with Gasteiger partial charge in [0.15, 0.2) is 0 Å². The summed E-state index contributed by atoms with van der Waals surface area (Å²) in [6.07, 6.45) is 1.32. The first-order valence-corrected chi connectivity index (χ1v) is 45.3. The fraction of sp³-hybridized carbons (Fsp3) is 0.562. The zero-order valence-electron chi connectivity index (χ0n) is 75.3. The molecule has 0 aliphatic carbocycles. The Labute approximate surface area is 758 Å². The summed E-state index contributed by atoms with van der Waals surface area (Å²) >= 11 is 0.827. The highest BCUT2D eigenvalue weighted by Crippen LogP contribution is 2.29. The van der Waals surface area contributed by atoms with E-state index in [1.807, 2.05) is 13.8 Å². The molecule has 0 spiro atoms. The zero-order valence-corrected chi connectivity index (χ0v) is 76.2. The molecule has 710 valence electrons. The van der Waals surface area contributed by atoms with Crippen molar-refractivity contribution in [3.8, 4) is 5.75 Å². The highest BCUT2D eigenvalue weighted by Gasteiger charge is 2.47. The Morgan fingerprint density at radius 3 is 1.72 bits per heavy atom. The summed E-state index contributed by atoms with van der Waals surface area (Å²) in [7, 11) is 3.96. The maximum absolute atomic E-state index is 15.9. The molecular weight excluding hydrogens is 1700 g/mol. The second-order valence-electron chi connectivity index (χ2n) is 34.5. The number of nitrogens with zero attached hydrogens (tertiary/aromatic N) is 6. The number of primary amides is 2. The Hall–Kier alpha value is -12.2. The molecule has 130 heavy (non-hydrogen) atoms. The van der Waals surface area contributed by atoms with E-state index in [0.29, 0.717) is 64.2 Å². The molecule has 21 N–H and O–H groups in total. The molecule has 5 heterocycles. The van der Waals surface area contributed by atoms with Gasteiger partial charge in [-0.3, -0.25) is 81.5 Å². The van der Waals surface area contributed by atoms with E-state index in [4.69, 9.17) is 22.9 Å². The number of nitrogens with one attached hydrogen (secondary N) is 10. The van der Waals surface area contributed by atoms with Gasteiger partial charge in [-0.05, 0) is 111 Å². The zero-order chi connectivity index (χ0) is 95.7. The summed E-state index contributed by atoms with van der Waals surface area (Å²) in [4.78, 5) is 257. The van der Waals surface area contributed by atoms with Crippen molar-refractivity contribution in [3.05, 3.63) is 102 Å². The second-order valence-corrected chi connectivity index (χ2v) is 35.6. The van der Waals surface area contributed by atoms with Crippen LogP contribution in [0, 0.1) is 11.8 Å². The van der Waals surface area contributed by atoms with Crippen molar-refractivity contribution in [3.63, 3.8) is 0 Å². The SMILES string of the molecule is CCCC[C@H]1C(=O)N(C)[C@@H](CCCC)C(=O)N[C@@H](CC(C)C)C(=O)N[C@H](C(N)=O)CSCC(=O)N[C@@H](Cc2ccc(O)cc2)C(=O)N(C)[C@@H](C)C(=O)N[C@@H](CC(N)=O)C(=O)N2CCC[C@H]2C(=O)N[C@@H](CN)C(=O)N[C@@H](CC(C)C)C(=O)N2C[C@H](O)C[C@H]2C(=O)N[C@@H](Cc2c[nH]c3ccccc23)C(=O)N[C@@H](CCN)C(=O)N[C@@H](Cc2cn(CC(=O)O)c3ccccc23)C(=O)N1C.